The summed E-state index contributed by atoms with van der Waals surface area (Å²) in [7, 11) is 3.82. The minimum atomic E-state index is -0.807. The summed E-state index contributed by atoms with van der Waals surface area (Å²) in [5.41, 5.74) is 2.00. The molecule has 2 aromatic rings. The summed E-state index contributed by atoms with van der Waals surface area (Å²) in [5.74, 6) is -1.70. The first-order valence-electron chi connectivity index (χ1n) is 13.0. The fraction of sp³-hybridized carbons (Fsp3) is 0.448. The minimum Gasteiger partial charge on any atom is -0.378 e. The zero-order chi connectivity index (χ0) is 27.7. The first-order valence-corrected chi connectivity index (χ1v) is 13.0. The summed E-state index contributed by atoms with van der Waals surface area (Å²) in [6, 6.07) is 9.32. The fourth-order valence-electron chi connectivity index (χ4n) is 5.28. The van der Waals surface area contributed by atoms with Crippen molar-refractivity contribution in [1.82, 2.24) is 15.1 Å². The Labute approximate surface area is 222 Å². The van der Waals surface area contributed by atoms with Gasteiger partial charge in [-0.05, 0) is 67.6 Å². The maximum Gasteiger partial charge on any atom is 0.254 e. The highest BCUT2D eigenvalue weighted by Gasteiger charge is 2.52. The minimum absolute atomic E-state index is 0.118. The molecule has 0 aliphatic carbocycles. The number of halogens is 1. The van der Waals surface area contributed by atoms with Crippen LogP contribution in [0.5, 0.6) is 0 Å². The molecule has 1 N–H and O–H groups in total. The molecule has 0 aromatic heterocycles. The molecule has 2 aromatic carbocycles. The van der Waals surface area contributed by atoms with Crippen LogP contribution < -0.4 is 10.2 Å². The van der Waals surface area contributed by atoms with Crippen LogP contribution in [0.3, 0.4) is 0 Å². The van der Waals surface area contributed by atoms with Crippen LogP contribution in [0.15, 0.2) is 42.5 Å². The lowest BCUT2D eigenvalue weighted by atomic mass is 10.0. The summed E-state index contributed by atoms with van der Waals surface area (Å²) in [6.07, 6.45) is 0.851. The van der Waals surface area contributed by atoms with Crippen LogP contribution in [0.2, 0.25) is 0 Å². The number of anilines is 1. The summed E-state index contributed by atoms with van der Waals surface area (Å²) in [6.45, 7) is 5.71. The fourth-order valence-corrected chi connectivity index (χ4v) is 5.28. The van der Waals surface area contributed by atoms with Crippen LogP contribution in [-0.2, 0) is 9.59 Å². The third kappa shape index (κ3) is 5.42. The highest BCUT2D eigenvalue weighted by atomic mass is 19.1. The molecule has 38 heavy (non-hydrogen) atoms. The number of likely N-dealkylation sites (tertiary alicyclic amines) is 2. The van der Waals surface area contributed by atoms with E-state index in [4.69, 9.17) is 0 Å². The summed E-state index contributed by atoms with van der Waals surface area (Å²) in [5, 5.41) is 2.88. The lowest BCUT2D eigenvalue weighted by Crippen LogP contribution is -2.53. The van der Waals surface area contributed by atoms with Crippen molar-refractivity contribution in [3.8, 4) is 0 Å². The van der Waals surface area contributed by atoms with Crippen molar-refractivity contribution in [3.05, 3.63) is 65.0 Å². The van der Waals surface area contributed by atoms with Gasteiger partial charge in [0, 0.05) is 37.5 Å². The molecule has 0 spiro atoms. The van der Waals surface area contributed by atoms with Crippen LogP contribution in [-0.4, -0.2) is 78.6 Å². The van der Waals surface area contributed by atoms with Gasteiger partial charge in [-0.1, -0.05) is 19.9 Å². The molecule has 2 saturated heterocycles. The van der Waals surface area contributed by atoms with E-state index in [2.05, 4.69) is 5.32 Å². The quantitative estimate of drug-likeness (QED) is 0.604. The standard InChI is InChI=1S/C29H35FN4O4/c1-17(2)14-23(31-27(36)19-8-10-21(11-9-19)32(4)5)29(38)33-13-12-24-26(33)25(35)16-34(24)28(37)20-7-6-18(3)22(30)15-20/h6-11,15,17,23-24,26H,12-14,16H2,1-5H3,(H,31,36)/t23-,24+,26-/m0/s1. The van der Waals surface area contributed by atoms with E-state index in [-0.39, 0.29) is 35.6 Å². The largest absolute Gasteiger partial charge is 0.378 e. The number of aryl methyl sites for hydroxylation is 1. The second kappa shape index (κ2) is 10.9. The van der Waals surface area contributed by atoms with E-state index < -0.39 is 29.8 Å². The monoisotopic (exact) mass is 522 g/mol. The van der Waals surface area contributed by atoms with Crippen molar-refractivity contribution in [1.29, 1.82) is 0 Å². The predicted molar refractivity (Wildman–Crippen MR) is 143 cm³/mol. The van der Waals surface area contributed by atoms with Crippen molar-refractivity contribution >= 4 is 29.2 Å². The number of carbonyl (C=O) groups is 4. The van der Waals surface area contributed by atoms with Gasteiger partial charge >= 0.3 is 0 Å². The Bertz CT molecular complexity index is 1240. The van der Waals surface area contributed by atoms with Crippen LogP contribution in [0.25, 0.3) is 0 Å². The molecule has 202 valence electrons. The van der Waals surface area contributed by atoms with Gasteiger partial charge in [0.15, 0.2) is 5.78 Å². The molecular formula is C29H35FN4O4. The average Bonchev–Trinajstić information content (AvgIpc) is 3.45. The van der Waals surface area contributed by atoms with E-state index in [1.165, 1.54) is 21.9 Å². The van der Waals surface area contributed by atoms with Gasteiger partial charge in [-0.2, -0.15) is 0 Å². The van der Waals surface area contributed by atoms with E-state index in [9.17, 15) is 23.6 Å². The number of fused-ring (bicyclic) bond motifs is 1. The maximum absolute atomic E-state index is 14.1. The molecule has 8 nitrogen and oxygen atoms in total. The van der Waals surface area contributed by atoms with Gasteiger partial charge < -0.3 is 20.0 Å². The number of amides is 3. The van der Waals surface area contributed by atoms with E-state index in [0.29, 0.717) is 30.5 Å². The second-order valence-electron chi connectivity index (χ2n) is 10.8. The first kappa shape index (κ1) is 27.3. The molecule has 2 aliphatic rings. The molecular weight excluding hydrogens is 487 g/mol. The van der Waals surface area contributed by atoms with Crippen LogP contribution in [0.1, 0.15) is 53.0 Å². The van der Waals surface area contributed by atoms with E-state index in [1.807, 2.05) is 45.0 Å². The number of hydrogen-bond acceptors (Lipinski definition) is 5. The average molecular weight is 523 g/mol. The third-order valence-corrected chi connectivity index (χ3v) is 7.34. The Kier molecular flexibility index (Phi) is 7.85. The van der Waals surface area contributed by atoms with Gasteiger partial charge in [-0.25, -0.2) is 4.39 Å². The van der Waals surface area contributed by atoms with Gasteiger partial charge in [0.05, 0.1) is 12.6 Å². The molecule has 0 bridgehead atoms. The van der Waals surface area contributed by atoms with Crippen LogP contribution in [0, 0.1) is 18.7 Å². The number of nitrogens with one attached hydrogen (secondary N) is 1. The lowest BCUT2D eigenvalue weighted by Gasteiger charge is -2.29. The van der Waals surface area contributed by atoms with Gasteiger partial charge in [-0.3, -0.25) is 19.2 Å². The number of Topliss-reactive ketones (excluding diaryl/α,β-unsaturated/α-hetero) is 1. The highest BCUT2D eigenvalue weighted by molar-refractivity contribution is 6.03. The Morgan fingerprint density at radius 2 is 1.71 bits per heavy atom. The number of rotatable bonds is 7. The number of carbonyl (C=O) groups excluding carboxylic acids is 4. The van der Waals surface area contributed by atoms with Gasteiger partial charge in [0.2, 0.25) is 5.91 Å². The lowest BCUT2D eigenvalue weighted by molar-refractivity contribution is -0.138. The van der Waals surface area contributed by atoms with Crippen molar-refractivity contribution in [2.75, 3.05) is 32.1 Å². The van der Waals surface area contributed by atoms with E-state index in [1.54, 1.807) is 25.1 Å². The van der Waals surface area contributed by atoms with Crippen LogP contribution >= 0.6 is 0 Å². The Morgan fingerprint density at radius 1 is 1.05 bits per heavy atom. The SMILES string of the molecule is Cc1ccc(C(=O)N2CC(=O)[C@@H]3[C@H]2CCN3C(=O)[C@H](CC(C)C)NC(=O)c2ccc(N(C)C)cc2)cc1F. The van der Waals surface area contributed by atoms with E-state index in [0.717, 1.165) is 5.69 Å². The van der Waals surface area contributed by atoms with E-state index >= 15 is 0 Å². The molecule has 2 aliphatic heterocycles. The smallest absolute Gasteiger partial charge is 0.254 e. The Hall–Kier alpha value is -3.75. The molecule has 0 unspecified atom stereocenters. The molecule has 9 heteroatoms. The zero-order valence-electron chi connectivity index (χ0n) is 22.5. The van der Waals surface area contributed by atoms with Crippen LogP contribution in [0.4, 0.5) is 10.1 Å². The highest BCUT2D eigenvalue weighted by Crippen LogP contribution is 2.32. The molecule has 4 rings (SSSR count). The maximum atomic E-state index is 14.1. The molecule has 2 heterocycles. The van der Waals surface area contributed by atoms with Crippen molar-refractivity contribution in [2.45, 2.75) is 51.7 Å². The third-order valence-electron chi connectivity index (χ3n) is 7.34. The molecule has 3 amide bonds. The van der Waals surface area contributed by atoms with Gasteiger partial charge in [-0.15, -0.1) is 0 Å². The predicted octanol–water partition coefficient (Wildman–Crippen LogP) is 3.04. The molecule has 2 fully saturated rings. The summed E-state index contributed by atoms with van der Waals surface area (Å²) in [4.78, 5) is 57.9. The molecule has 3 atom stereocenters. The summed E-state index contributed by atoms with van der Waals surface area (Å²) >= 11 is 0. The van der Waals surface area contributed by atoms with Crippen molar-refractivity contribution in [2.24, 2.45) is 5.92 Å². The van der Waals surface area contributed by atoms with Gasteiger partial charge in [0.1, 0.15) is 17.9 Å². The van der Waals surface area contributed by atoms with Crippen molar-refractivity contribution in [3.63, 3.8) is 0 Å². The Morgan fingerprint density at radius 3 is 2.32 bits per heavy atom. The number of benzene rings is 2. The Balaban J connectivity index is 1.50. The summed E-state index contributed by atoms with van der Waals surface area (Å²) < 4.78 is 14.1. The second-order valence-corrected chi connectivity index (χ2v) is 10.8. The van der Waals surface area contributed by atoms with Crippen molar-refractivity contribution < 1.29 is 23.6 Å². The number of ketones is 1. The number of hydrogen-bond donors (Lipinski definition) is 1. The molecule has 0 radical (unpaired) electrons. The zero-order valence-corrected chi connectivity index (χ0v) is 22.5. The molecule has 0 saturated carbocycles. The number of nitrogens with zero attached hydrogens (tertiary/aromatic N) is 3. The first-order chi connectivity index (χ1) is 18.0. The normalized spacial score (nSPS) is 19.5. The van der Waals surface area contributed by atoms with Gasteiger partial charge in [0.25, 0.3) is 11.8 Å². The topological polar surface area (TPSA) is 90.0 Å².